The van der Waals surface area contributed by atoms with E-state index in [9.17, 15) is 9.59 Å². The quantitative estimate of drug-likeness (QED) is 0.593. The molecule has 0 spiro atoms. The number of aldehydes is 2. The van der Waals surface area contributed by atoms with Crippen LogP contribution in [0.3, 0.4) is 0 Å². The molecule has 0 aliphatic carbocycles. The molecule has 29 heavy (non-hydrogen) atoms. The summed E-state index contributed by atoms with van der Waals surface area (Å²) < 4.78 is 0. The molecular weight excluding hydrogens is 360 g/mol. The van der Waals surface area contributed by atoms with Gasteiger partial charge in [-0.3, -0.25) is 9.59 Å². The average Bonchev–Trinajstić information content (AvgIpc) is 3.02. The predicted molar refractivity (Wildman–Crippen MR) is 117 cm³/mol. The molecule has 1 aliphatic heterocycles. The normalized spacial score (nSPS) is 12.8. The fraction of sp³-hybridized carbons (Fsp3) is 0.200. The minimum atomic E-state index is 0.694. The first-order valence-corrected chi connectivity index (χ1v) is 9.73. The Hall–Kier alpha value is -3.40. The molecule has 0 unspecified atom stereocenters. The molecule has 0 fully saturated rings. The lowest BCUT2D eigenvalue weighted by Crippen LogP contribution is -2.23. The van der Waals surface area contributed by atoms with Crippen LogP contribution in [0.5, 0.6) is 0 Å². The van der Waals surface area contributed by atoms with Crippen molar-refractivity contribution in [3.63, 3.8) is 0 Å². The minimum Gasteiger partial charge on any atom is -0.355 e. The van der Waals surface area contributed by atoms with Gasteiger partial charge in [0.05, 0.1) is 18.0 Å². The Morgan fingerprint density at radius 2 is 1.07 bits per heavy atom. The molecule has 0 N–H and O–H groups in total. The molecule has 4 heteroatoms. The van der Waals surface area contributed by atoms with Gasteiger partial charge in [-0.15, -0.1) is 0 Å². The molecule has 146 valence electrons. The van der Waals surface area contributed by atoms with E-state index in [-0.39, 0.29) is 0 Å². The SMILES string of the molecule is CN1CN(C)c2cc(Cc3ccc(C=O)cc3)c(Cc3ccc(C=O)cc3)cc21. The highest BCUT2D eigenvalue weighted by Crippen LogP contribution is 2.37. The van der Waals surface area contributed by atoms with Crippen molar-refractivity contribution in [1.29, 1.82) is 0 Å². The molecule has 0 radical (unpaired) electrons. The van der Waals surface area contributed by atoms with Gasteiger partial charge in [0.2, 0.25) is 0 Å². The Balaban J connectivity index is 1.71. The van der Waals surface area contributed by atoms with Crippen molar-refractivity contribution in [2.24, 2.45) is 0 Å². The lowest BCUT2D eigenvalue weighted by Gasteiger charge is -2.16. The van der Waals surface area contributed by atoms with E-state index in [4.69, 9.17) is 0 Å². The first-order valence-electron chi connectivity index (χ1n) is 9.73. The highest BCUT2D eigenvalue weighted by Gasteiger charge is 2.22. The molecular formula is C25H24N2O2. The van der Waals surface area contributed by atoms with Crippen LogP contribution >= 0.6 is 0 Å². The number of nitrogens with zero attached hydrogens (tertiary/aromatic N) is 2. The van der Waals surface area contributed by atoms with Crippen LogP contribution in [0, 0.1) is 0 Å². The molecule has 0 amide bonds. The zero-order valence-corrected chi connectivity index (χ0v) is 16.8. The van der Waals surface area contributed by atoms with E-state index < -0.39 is 0 Å². The van der Waals surface area contributed by atoms with Crippen molar-refractivity contribution in [2.45, 2.75) is 12.8 Å². The number of hydrogen-bond donors (Lipinski definition) is 0. The Morgan fingerprint density at radius 3 is 1.41 bits per heavy atom. The number of fused-ring (bicyclic) bond motifs is 1. The van der Waals surface area contributed by atoms with Crippen LogP contribution in [-0.4, -0.2) is 33.3 Å². The first-order chi connectivity index (χ1) is 14.1. The van der Waals surface area contributed by atoms with Gasteiger partial charge in [0.15, 0.2) is 0 Å². The van der Waals surface area contributed by atoms with Crippen LogP contribution in [0.1, 0.15) is 43.0 Å². The molecule has 0 bridgehead atoms. The third kappa shape index (κ3) is 3.92. The predicted octanol–water partition coefficient (Wildman–Crippen LogP) is 4.34. The van der Waals surface area contributed by atoms with Gasteiger partial charge in [-0.05, 0) is 47.2 Å². The van der Waals surface area contributed by atoms with E-state index in [1.165, 1.54) is 33.6 Å². The van der Waals surface area contributed by atoms with Crippen molar-refractivity contribution in [3.05, 3.63) is 94.0 Å². The number of carbonyl (C=O) groups is 2. The maximum absolute atomic E-state index is 10.9. The summed E-state index contributed by atoms with van der Waals surface area (Å²) in [7, 11) is 4.23. The number of carbonyl (C=O) groups excluding carboxylic acids is 2. The second kappa shape index (κ2) is 7.92. The standard InChI is InChI=1S/C25H24N2O2/c1-26-17-27(2)25-14-23(12-19-5-9-21(16-29)10-6-19)22(13-24(25)26)11-18-3-7-20(15-28)8-4-18/h3-10,13-16H,11-12,17H2,1-2H3. The molecule has 3 aromatic rings. The van der Waals surface area contributed by atoms with Gasteiger partial charge in [-0.1, -0.05) is 48.5 Å². The average molecular weight is 384 g/mol. The monoisotopic (exact) mass is 384 g/mol. The highest BCUT2D eigenvalue weighted by atomic mass is 16.1. The number of rotatable bonds is 6. The molecule has 4 rings (SSSR count). The minimum absolute atomic E-state index is 0.694. The summed E-state index contributed by atoms with van der Waals surface area (Å²) in [5.41, 5.74) is 8.80. The third-order valence-corrected chi connectivity index (χ3v) is 5.56. The molecule has 0 atom stereocenters. The van der Waals surface area contributed by atoms with Gasteiger partial charge in [0.25, 0.3) is 0 Å². The first kappa shape index (κ1) is 18.9. The zero-order valence-electron chi connectivity index (χ0n) is 16.8. The smallest absolute Gasteiger partial charge is 0.150 e. The lowest BCUT2D eigenvalue weighted by atomic mass is 9.93. The zero-order chi connectivity index (χ0) is 20.4. The van der Waals surface area contributed by atoms with Crippen molar-refractivity contribution in [2.75, 3.05) is 30.6 Å². The largest absolute Gasteiger partial charge is 0.355 e. The second-order valence-corrected chi connectivity index (χ2v) is 7.72. The highest BCUT2D eigenvalue weighted by molar-refractivity contribution is 5.78. The summed E-state index contributed by atoms with van der Waals surface area (Å²) in [5.74, 6) is 0. The van der Waals surface area contributed by atoms with Crippen LogP contribution in [0.25, 0.3) is 0 Å². The van der Waals surface area contributed by atoms with Gasteiger partial charge in [-0.2, -0.15) is 0 Å². The molecule has 0 saturated carbocycles. The maximum Gasteiger partial charge on any atom is 0.150 e. The van der Waals surface area contributed by atoms with Gasteiger partial charge < -0.3 is 9.80 Å². The molecule has 1 aliphatic rings. The molecule has 1 heterocycles. The van der Waals surface area contributed by atoms with Crippen LogP contribution in [-0.2, 0) is 12.8 Å². The summed E-state index contributed by atoms with van der Waals surface area (Å²) in [6.45, 7) is 0.875. The maximum atomic E-state index is 10.9. The topological polar surface area (TPSA) is 40.6 Å². The summed E-state index contributed by atoms with van der Waals surface area (Å²) in [6, 6.07) is 20.2. The lowest BCUT2D eigenvalue weighted by molar-refractivity contribution is 0.111. The Kier molecular flexibility index (Phi) is 5.17. The van der Waals surface area contributed by atoms with Crippen molar-refractivity contribution in [3.8, 4) is 0 Å². The van der Waals surface area contributed by atoms with Gasteiger partial charge in [0, 0.05) is 25.2 Å². The summed E-state index contributed by atoms with van der Waals surface area (Å²) in [6.07, 6.45) is 3.37. The van der Waals surface area contributed by atoms with E-state index in [0.717, 1.165) is 32.1 Å². The van der Waals surface area contributed by atoms with E-state index >= 15 is 0 Å². The van der Waals surface area contributed by atoms with Gasteiger partial charge in [0.1, 0.15) is 12.6 Å². The Labute approximate surface area is 171 Å². The van der Waals surface area contributed by atoms with Crippen LogP contribution < -0.4 is 9.80 Å². The molecule has 0 aromatic heterocycles. The van der Waals surface area contributed by atoms with E-state index in [1.807, 2.05) is 48.5 Å². The van der Waals surface area contributed by atoms with Crippen molar-refractivity contribution >= 4 is 23.9 Å². The number of anilines is 2. The van der Waals surface area contributed by atoms with Gasteiger partial charge in [-0.25, -0.2) is 0 Å². The van der Waals surface area contributed by atoms with Crippen LogP contribution in [0.15, 0.2) is 60.7 Å². The fourth-order valence-electron chi connectivity index (χ4n) is 3.94. The molecule has 4 nitrogen and oxygen atoms in total. The fourth-order valence-corrected chi connectivity index (χ4v) is 3.94. The van der Waals surface area contributed by atoms with Crippen molar-refractivity contribution in [1.82, 2.24) is 0 Å². The molecule has 0 saturated heterocycles. The number of benzene rings is 3. The van der Waals surface area contributed by atoms with Crippen molar-refractivity contribution < 1.29 is 9.59 Å². The Morgan fingerprint density at radius 1 is 0.690 bits per heavy atom. The van der Waals surface area contributed by atoms with E-state index in [0.29, 0.717) is 11.1 Å². The molecule has 3 aromatic carbocycles. The second-order valence-electron chi connectivity index (χ2n) is 7.72. The van der Waals surface area contributed by atoms with Crippen LogP contribution in [0.2, 0.25) is 0 Å². The summed E-state index contributed by atoms with van der Waals surface area (Å²) in [5, 5.41) is 0. The summed E-state index contributed by atoms with van der Waals surface area (Å²) in [4.78, 5) is 26.4. The summed E-state index contributed by atoms with van der Waals surface area (Å²) >= 11 is 0. The van der Waals surface area contributed by atoms with Crippen LogP contribution in [0.4, 0.5) is 11.4 Å². The number of hydrogen-bond acceptors (Lipinski definition) is 4. The van der Waals surface area contributed by atoms with E-state index in [2.05, 4.69) is 36.0 Å². The third-order valence-electron chi connectivity index (χ3n) is 5.56. The van der Waals surface area contributed by atoms with E-state index in [1.54, 1.807) is 0 Å². The Bertz CT molecular complexity index is 955. The van der Waals surface area contributed by atoms with Gasteiger partial charge >= 0.3 is 0 Å².